The molecule has 4 rings (SSSR count). The molecule has 2 bridgehead atoms. The molecule has 5 nitrogen and oxygen atoms in total. The average Bonchev–Trinajstić information content (AvgIpc) is 2.89. The number of nitrogens with zero attached hydrogens (tertiary/aromatic N) is 3. The minimum atomic E-state index is -0.355. The van der Waals surface area contributed by atoms with Gasteiger partial charge in [-0.05, 0) is 37.8 Å². The summed E-state index contributed by atoms with van der Waals surface area (Å²) >= 11 is 0. The Morgan fingerprint density at radius 1 is 1.29 bits per heavy atom. The van der Waals surface area contributed by atoms with Crippen LogP contribution in [0.15, 0.2) is 24.4 Å². The number of carbonyl (C=O) groups is 1. The van der Waals surface area contributed by atoms with E-state index in [-0.39, 0.29) is 28.8 Å². The maximum atomic E-state index is 12.6. The molecule has 1 aliphatic heterocycles. The molecule has 2 fully saturated rings. The van der Waals surface area contributed by atoms with Crippen molar-refractivity contribution in [1.82, 2.24) is 14.6 Å². The smallest absolute Gasteiger partial charge is 0.317 e. The minimum absolute atomic E-state index is 0.0494. The van der Waals surface area contributed by atoms with Gasteiger partial charge in [0.2, 0.25) is 0 Å². The zero-order valence-corrected chi connectivity index (χ0v) is 12.5. The van der Waals surface area contributed by atoms with Crippen molar-refractivity contribution in [2.45, 2.75) is 45.1 Å². The van der Waals surface area contributed by atoms with Crippen molar-refractivity contribution in [2.75, 3.05) is 0 Å². The number of pyridine rings is 1. The summed E-state index contributed by atoms with van der Waals surface area (Å²) in [5.74, 6) is 0.472. The summed E-state index contributed by atoms with van der Waals surface area (Å²) in [5, 5.41) is 8.47. The summed E-state index contributed by atoms with van der Waals surface area (Å²) in [4.78, 5) is 12.6. The van der Waals surface area contributed by atoms with E-state index in [2.05, 4.69) is 31.0 Å². The predicted octanol–water partition coefficient (Wildman–Crippen LogP) is 2.56. The topological polar surface area (TPSA) is 56.5 Å². The maximum absolute atomic E-state index is 12.6. The fourth-order valence-corrected chi connectivity index (χ4v) is 4.08. The molecule has 5 heteroatoms. The first-order chi connectivity index (χ1) is 9.94. The van der Waals surface area contributed by atoms with Gasteiger partial charge in [0.1, 0.15) is 11.5 Å². The number of ether oxygens (including phenoxy) is 1. The van der Waals surface area contributed by atoms with Crippen LogP contribution in [-0.2, 0) is 9.53 Å². The number of aromatic nitrogens is 3. The second kappa shape index (κ2) is 3.84. The largest absolute Gasteiger partial charge is 0.458 e. The van der Waals surface area contributed by atoms with E-state index in [0.29, 0.717) is 5.82 Å². The zero-order chi connectivity index (χ0) is 14.8. The van der Waals surface area contributed by atoms with Crippen LogP contribution in [0.1, 0.15) is 45.4 Å². The van der Waals surface area contributed by atoms with Crippen LogP contribution in [-0.4, -0.2) is 26.2 Å². The van der Waals surface area contributed by atoms with Crippen molar-refractivity contribution < 1.29 is 9.53 Å². The van der Waals surface area contributed by atoms with Gasteiger partial charge in [0, 0.05) is 11.6 Å². The van der Waals surface area contributed by atoms with Gasteiger partial charge in [0.15, 0.2) is 11.5 Å². The summed E-state index contributed by atoms with van der Waals surface area (Å²) in [5.41, 5.74) is 0.363. The van der Waals surface area contributed by atoms with E-state index in [1.165, 1.54) is 0 Å². The van der Waals surface area contributed by atoms with Crippen molar-refractivity contribution in [3.63, 3.8) is 0 Å². The van der Waals surface area contributed by atoms with Crippen LogP contribution in [0.25, 0.3) is 5.65 Å². The Hall–Kier alpha value is -1.91. The number of carbonyl (C=O) groups excluding carboxylic acids is 1. The van der Waals surface area contributed by atoms with Crippen LogP contribution >= 0.6 is 0 Å². The molecule has 2 aromatic heterocycles. The van der Waals surface area contributed by atoms with Crippen molar-refractivity contribution in [1.29, 1.82) is 0 Å². The van der Waals surface area contributed by atoms with Crippen LogP contribution < -0.4 is 0 Å². The third kappa shape index (κ3) is 1.49. The van der Waals surface area contributed by atoms with Gasteiger partial charge < -0.3 is 4.74 Å². The highest BCUT2D eigenvalue weighted by atomic mass is 16.6. The highest BCUT2D eigenvalue weighted by Crippen LogP contribution is 2.60. The molecule has 110 valence electrons. The van der Waals surface area contributed by atoms with Crippen molar-refractivity contribution in [2.24, 2.45) is 11.3 Å². The predicted molar refractivity (Wildman–Crippen MR) is 76.7 cm³/mol. The lowest BCUT2D eigenvalue weighted by molar-refractivity contribution is -0.187. The summed E-state index contributed by atoms with van der Waals surface area (Å²) in [6.45, 7) is 6.46. The SMILES string of the molecule is CC1(C)[C@@H]2CC[C@@]1(C)OC(=O)[C@@H]2c1nnc2ccccn12. The van der Waals surface area contributed by atoms with Crippen molar-refractivity contribution >= 4 is 11.6 Å². The molecule has 1 saturated heterocycles. The van der Waals surface area contributed by atoms with E-state index in [9.17, 15) is 4.79 Å². The zero-order valence-electron chi connectivity index (χ0n) is 12.5. The first-order valence-electron chi connectivity index (χ1n) is 7.46. The van der Waals surface area contributed by atoms with Crippen LogP contribution in [0.5, 0.6) is 0 Å². The van der Waals surface area contributed by atoms with Crippen LogP contribution in [0, 0.1) is 11.3 Å². The lowest BCUT2D eigenvalue weighted by Gasteiger charge is -2.47. The van der Waals surface area contributed by atoms with Gasteiger partial charge >= 0.3 is 5.97 Å². The Bertz CT molecular complexity index is 736. The van der Waals surface area contributed by atoms with E-state index in [4.69, 9.17) is 4.74 Å². The average molecular weight is 285 g/mol. The minimum Gasteiger partial charge on any atom is -0.458 e. The van der Waals surface area contributed by atoms with E-state index >= 15 is 0 Å². The molecule has 2 aromatic rings. The Kier molecular flexibility index (Phi) is 2.34. The fourth-order valence-electron chi connectivity index (χ4n) is 4.08. The summed E-state index contributed by atoms with van der Waals surface area (Å²) < 4.78 is 7.75. The lowest BCUT2D eigenvalue weighted by Crippen LogP contribution is -2.52. The number of esters is 1. The van der Waals surface area contributed by atoms with Crippen molar-refractivity contribution in [3.8, 4) is 0 Å². The first kappa shape index (κ1) is 12.8. The molecule has 21 heavy (non-hydrogen) atoms. The normalized spacial score (nSPS) is 34.1. The lowest BCUT2D eigenvalue weighted by atomic mass is 9.66. The van der Waals surface area contributed by atoms with Gasteiger partial charge in [-0.1, -0.05) is 19.9 Å². The number of fused-ring (bicyclic) bond motifs is 3. The number of rotatable bonds is 1. The van der Waals surface area contributed by atoms with Crippen LogP contribution in [0.3, 0.4) is 0 Å². The molecular formula is C16H19N3O2. The molecule has 1 saturated carbocycles. The third-order valence-electron chi connectivity index (χ3n) is 5.82. The van der Waals surface area contributed by atoms with Crippen LogP contribution in [0.4, 0.5) is 0 Å². The summed E-state index contributed by atoms with van der Waals surface area (Å²) in [6, 6.07) is 5.75. The molecular weight excluding hydrogens is 266 g/mol. The van der Waals surface area contributed by atoms with Gasteiger partial charge in [-0.3, -0.25) is 9.20 Å². The highest BCUT2D eigenvalue weighted by molar-refractivity contribution is 5.80. The molecule has 3 heterocycles. The molecule has 2 aliphatic rings. The van der Waals surface area contributed by atoms with Gasteiger partial charge in [0.05, 0.1) is 0 Å². The quantitative estimate of drug-likeness (QED) is 0.756. The standard InChI is InChI=1S/C16H19N3O2/c1-15(2)10-7-8-16(15,3)21-14(20)12(10)13-18-17-11-6-4-5-9-19(11)13/h4-6,9-10,12H,7-8H2,1-3H3/t10-,12+,16-/m1/s1. The van der Waals surface area contributed by atoms with Gasteiger partial charge in [-0.15, -0.1) is 10.2 Å². The fraction of sp³-hybridized carbons (Fsp3) is 0.562. The summed E-state index contributed by atoms with van der Waals surface area (Å²) in [6.07, 6.45) is 3.82. The first-order valence-corrected chi connectivity index (χ1v) is 7.46. The van der Waals surface area contributed by atoms with Gasteiger partial charge in [-0.25, -0.2) is 0 Å². The molecule has 0 unspecified atom stereocenters. The second-order valence-corrected chi connectivity index (χ2v) is 6.98. The molecule has 1 aliphatic carbocycles. The summed E-state index contributed by atoms with van der Waals surface area (Å²) in [7, 11) is 0. The van der Waals surface area contributed by atoms with E-state index in [1.807, 2.05) is 28.8 Å². The Balaban J connectivity index is 1.87. The highest BCUT2D eigenvalue weighted by Gasteiger charge is 2.63. The maximum Gasteiger partial charge on any atom is 0.317 e. The number of hydrogen-bond acceptors (Lipinski definition) is 4. The molecule has 0 aromatic carbocycles. The third-order valence-corrected chi connectivity index (χ3v) is 5.82. The monoisotopic (exact) mass is 285 g/mol. The molecule has 0 spiro atoms. The number of hydrogen-bond donors (Lipinski definition) is 0. The Morgan fingerprint density at radius 3 is 2.90 bits per heavy atom. The molecule has 3 atom stereocenters. The van der Waals surface area contributed by atoms with E-state index in [1.54, 1.807) is 0 Å². The van der Waals surface area contributed by atoms with Crippen molar-refractivity contribution in [3.05, 3.63) is 30.2 Å². The van der Waals surface area contributed by atoms with Gasteiger partial charge in [0.25, 0.3) is 0 Å². The van der Waals surface area contributed by atoms with E-state index in [0.717, 1.165) is 18.5 Å². The Labute approximate surface area is 123 Å². The molecule has 0 amide bonds. The molecule has 0 N–H and O–H groups in total. The van der Waals surface area contributed by atoms with Crippen LogP contribution in [0.2, 0.25) is 0 Å². The molecule has 0 radical (unpaired) electrons. The second-order valence-electron chi connectivity index (χ2n) is 6.98. The Morgan fingerprint density at radius 2 is 2.10 bits per heavy atom. The van der Waals surface area contributed by atoms with E-state index < -0.39 is 0 Å². The van der Waals surface area contributed by atoms with Gasteiger partial charge in [-0.2, -0.15) is 0 Å².